The van der Waals surface area contributed by atoms with Gasteiger partial charge in [-0.25, -0.2) is 0 Å². The number of ketones is 1. The van der Waals surface area contributed by atoms with Gasteiger partial charge in [-0.3, -0.25) is 9.79 Å². The van der Waals surface area contributed by atoms with E-state index in [4.69, 9.17) is 10.5 Å². The third-order valence-electron chi connectivity index (χ3n) is 2.45. The number of nitrogens with two attached hydrogens (primary N) is 1. The van der Waals surface area contributed by atoms with Gasteiger partial charge in [0.05, 0.1) is 12.3 Å². The highest BCUT2D eigenvalue weighted by Gasteiger charge is 2.18. The molecule has 0 radical (unpaired) electrons. The Bertz CT molecular complexity index is 452. The van der Waals surface area contributed by atoms with Gasteiger partial charge < -0.3 is 10.5 Å². The Kier molecular flexibility index (Phi) is 3.80. The molecule has 4 nitrogen and oxygen atoms in total. The lowest BCUT2D eigenvalue weighted by atomic mass is 10.1. The molecule has 2 rings (SSSR count). The topological polar surface area (TPSA) is 64.7 Å². The van der Waals surface area contributed by atoms with Crippen LogP contribution in [-0.2, 0) is 16.1 Å². The van der Waals surface area contributed by atoms with E-state index in [2.05, 4.69) is 4.99 Å². The molecule has 0 aromatic heterocycles. The van der Waals surface area contributed by atoms with Gasteiger partial charge in [-0.05, 0) is 5.56 Å². The van der Waals surface area contributed by atoms with Gasteiger partial charge in [0, 0.05) is 18.8 Å². The molecule has 0 saturated carbocycles. The maximum Gasteiger partial charge on any atom is 0.191 e. The van der Waals surface area contributed by atoms with E-state index in [0.29, 0.717) is 12.3 Å². The van der Waals surface area contributed by atoms with Crippen LogP contribution in [0.4, 0.5) is 0 Å². The van der Waals surface area contributed by atoms with E-state index in [1.807, 2.05) is 30.3 Å². The van der Waals surface area contributed by atoms with E-state index in [9.17, 15) is 4.79 Å². The van der Waals surface area contributed by atoms with Crippen molar-refractivity contribution in [2.75, 3.05) is 6.54 Å². The number of nitrogens with zero attached hydrogens (tertiary/aromatic N) is 1. The summed E-state index contributed by atoms with van der Waals surface area (Å²) < 4.78 is 5.49. The van der Waals surface area contributed by atoms with Crippen LogP contribution in [0, 0.1) is 0 Å². The van der Waals surface area contributed by atoms with E-state index in [1.54, 1.807) is 0 Å². The molecule has 0 fully saturated rings. The van der Waals surface area contributed by atoms with Gasteiger partial charge in [0.15, 0.2) is 11.9 Å². The summed E-state index contributed by atoms with van der Waals surface area (Å²) in [6.07, 6.45) is 2.36. The predicted octanol–water partition coefficient (Wildman–Crippen LogP) is 1.07. The summed E-state index contributed by atoms with van der Waals surface area (Å²) in [6.45, 7) is 0.669. The first-order chi connectivity index (χ1) is 8.29. The molecule has 2 N–H and O–H groups in total. The SMILES string of the molecule is NCC1=CC(=O)C(OCc2ccccc2)C=N1. The highest BCUT2D eigenvalue weighted by molar-refractivity contribution is 6.07. The number of rotatable bonds is 4. The summed E-state index contributed by atoms with van der Waals surface area (Å²) in [4.78, 5) is 15.7. The van der Waals surface area contributed by atoms with Gasteiger partial charge >= 0.3 is 0 Å². The number of benzene rings is 1. The molecule has 0 saturated heterocycles. The van der Waals surface area contributed by atoms with Crippen molar-refractivity contribution in [2.24, 2.45) is 10.7 Å². The Morgan fingerprint density at radius 1 is 1.29 bits per heavy atom. The molecule has 0 amide bonds. The Morgan fingerprint density at radius 2 is 2.06 bits per heavy atom. The molecule has 1 aromatic carbocycles. The minimum atomic E-state index is -0.592. The van der Waals surface area contributed by atoms with Crippen LogP contribution in [-0.4, -0.2) is 24.6 Å². The first kappa shape index (κ1) is 11.7. The first-order valence-corrected chi connectivity index (χ1v) is 5.44. The standard InChI is InChI=1S/C13H14N2O2/c14-7-11-6-12(16)13(8-15-11)17-9-10-4-2-1-3-5-10/h1-6,8,13H,7,9,14H2. The van der Waals surface area contributed by atoms with E-state index >= 15 is 0 Å². The average molecular weight is 230 g/mol. The van der Waals surface area contributed by atoms with Crippen molar-refractivity contribution in [3.8, 4) is 0 Å². The lowest BCUT2D eigenvalue weighted by Gasteiger charge is -2.14. The zero-order chi connectivity index (χ0) is 12.1. The quantitative estimate of drug-likeness (QED) is 0.841. The van der Waals surface area contributed by atoms with E-state index < -0.39 is 6.10 Å². The van der Waals surface area contributed by atoms with Crippen molar-refractivity contribution < 1.29 is 9.53 Å². The summed E-state index contributed by atoms with van der Waals surface area (Å²) >= 11 is 0. The van der Waals surface area contributed by atoms with Crippen LogP contribution < -0.4 is 5.73 Å². The number of ether oxygens (including phenoxy) is 1. The molecule has 1 atom stereocenters. The highest BCUT2D eigenvalue weighted by Crippen LogP contribution is 2.08. The third kappa shape index (κ3) is 3.09. The fourth-order valence-electron chi connectivity index (χ4n) is 1.52. The molecule has 1 unspecified atom stereocenters. The van der Waals surface area contributed by atoms with Gasteiger partial charge in [0.1, 0.15) is 0 Å². The summed E-state index contributed by atoms with van der Waals surface area (Å²) in [5.74, 6) is -0.101. The van der Waals surface area contributed by atoms with Crippen LogP contribution in [0.5, 0.6) is 0 Å². The van der Waals surface area contributed by atoms with Gasteiger partial charge in [-0.1, -0.05) is 30.3 Å². The Morgan fingerprint density at radius 3 is 2.71 bits per heavy atom. The van der Waals surface area contributed by atoms with Crippen molar-refractivity contribution in [3.05, 3.63) is 47.7 Å². The molecule has 0 spiro atoms. The Labute approximate surface area is 99.8 Å². The van der Waals surface area contributed by atoms with Crippen LogP contribution in [0.25, 0.3) is 0 Å². The van der Waals surface area contributed by atoms with Crippen LogP contribution in [0.15, 0.2) is 47.1 Å². The molecule has 17 heavy (non-hydrogen) atoms. The maximum atomic E-state index is 11.6. The smallest absolute Gasteiger partial charge is 0.191 e. The molecular weight excluding hydrogens is 216 g/mol. The van der Waals surface area contributed by atoms with Gasteiger partial charge in [0.2, 0.25) is 0 Å². The number of aliphatic imine (C=N–C) groups is 1. The molecule has 1 aliphatic rings. The minimum Gasteiger partial charge on any atom is -0.360 e. The normalized spacial score (nSPS) is 19.2. The van der Waals surface area contributed by atoms with E-state index in [0.717, 1.165) is 5.56 Å². The molecule has 88 valence electrons. The second-order valence-electron chi connectivity index (χ2n) is 3.74. The van der Waals surface area contributed by atoms with Crippen LogP contribution in [0.2, 0.25) is 0 Å². The largest absolute Gasteiger partial charge is 0.360 e. The van der Waals surface area contributed by atoms with Crippen molar-refractivity contribution in [1.29, 1.82) is 0 Å². The number of hydrogen-bond acceptors (Lipinski definition) is 4. The number of carbonyl (C=O) groups excluding carboxylic acids is 1. The lowest BCUT2D eigenvalue weighted by molar-refractivity contribution is -0.122. The van der Waals surface area contributed by atoms with Gasteiger partial charge in [0.25, 0.3) is 0 Å². The molecular formula is C13H14N2O2. The van der Waals surface area contributed by atoms with Crippen molar-refractivity contribution in [3.63, 3.8) is 0 Å². The van der Waals surface area contributed by atoms with Crippen molar-refractivity contribution >= 4 is 12.0 Å². The van der Waals surface area contributed by atoms with E-state index in [1.165, 1.54) is 12.3 Å². The minimum absolute atomic E-state index is 0.101. The van der Waals surface area contributed by atoms with Gasteiger partial charge in [-0.15, -0.1) is 0 Å². The molecule has 1 aliphatic heterocycles. The second kappa shape index (κ2) is 5.52. The molecule has 1 aromatic rings. The van der Waals surface area contributed by atoms with E-state index in [-0.39, 0.29) is 12.3 Å². The lowest BCUT2D eigenvalue weighted by Crippen LogP contribution is -2.28. The van der Waals surface area contributed by atoms with Crippen LogP contribution >= 0.6 is 0 Å². The van der Waals surface area contributed by atoms with Crippen molar-refractivity contribution in [2.45, 2.75) is 12.7 Å². The van der Waals surface area contributed by atoms with Gasteiger partial charge in [-0.2, -0.15) is 0 Å². The number of carbonyl (C=O) groups is 1. The maximum absolute atomic E-state index is 11.6. The first-order valence-electron chi connectivity index (χ1n) is 5.44. The fraction of sp³-hybridized carbons (Fsp3) is 0.231. The Hall–Kier alpha value is -1.78. The molecule has 1 heterocycles. The predicted molar refractivity (Wildman–Crippen MR) is 65.7 cm³/mol. The average Bonchev–Trinajstić information content (AvgIpc) is 2.38. The summed E-state index contributed by atoms with van der Waals surface area (Å²) in [7, 11) is 0. The summed E-state index contributed by atoms with van der Waals surface area (Å²) in [6, 6.07) is 9.70. The fourth-order valence-corrected chi connectivity index (χ4v) is 1.52. The number of hydrogen-bond donors (Lipinski definition) is 1. The zero-order valence-electron chi connectivity index (χ0n) is 9.37. The summed E-state index contributed by atoms with van der Waals surface area (Å²) in [5.41, 5.74) is 7.02. The highest BCUT2D eigenvalue weighted by atomic mass is 16.5. The van der Waals surface area contributed by atoms with Crippen LogP contribution in [0.1, 0.15) is 5.56 Å². The zero-order valence-corrected chi connectivity index (χ0v) is 9.37. The Balaban J connectivity index is 1.92. The second-order valence-corrected chi connectivity index (χ2v) is 3.74. The molecule has 4 heteroatoms. The van der Waals surface area contributed by atoms with Crippen LogP contribution in [0.3, 0.4) is 0 Å². The summed E-state index contributed by atoms with van der Waals surface area (Å²) in [5, 5.41) is 0. The molecule has 0 bridgehead atoms. The third-order valence-corrected chi connectivity index (χ3v) is 2.45. The molecule has 0 aliphatic carbocycles. The van der Waals surface area contributed by atoms with Crippen molar-refractivity contribution in [1.82, 2.24) is 0 Å². The monoisotopic (exact) mass is 230 g/mol.